The van der Waals surface area contributed by atoms with Gasteiger partial charge in [-0.25, -0.2) is 4.79 Å². The number of rotatable bonds is 3. The minimum Gasteiger partial charge on any atom is -0.393 e. The van der Waals surface area contributed by atoms with E-state index in [1.165, 1.54) is 0 Å². The number of nitrogens with one attached hydrogen (secondary N) is 1. The van der Waals surface area contributed by atoms with E-state index in [2.05, 4.69) is 10.0 Å². The van der Waals surface area contributed by atoms with Gasteiger partial charge in [-0.15, -0.1) is 0 Å². The minimum absolute atomic E-state index is 0.650. The number of aliphatic hydroxyl groups is 3. The topological polar surface area (TPSA) is 174 Å². The number of aromatic amines is 1. The molecule has 108 valence electrons. The maximum atomic E-state index is 11.6. The zero-order chi connectivity index (χ0) is 14.9. The third kappa shape index (κ3) is 2.09. The zero-order valence-electron chi connectivity index (χ0n) is 9.95. The van der Waals surface area contributed by atoms with E-state index in [0.717, 1.165) is 16.8 Å². The predicted molar refractivity (Wildman–Crippen MR) is 62.4 cm³/mol. The molecule has 20 heavy (non-hydrogen) atoms. The van der Waals surface area contributed by atoms with E-state index >= 15 is 0 Å². The molecule has 11 heteroatoms. The molecule has 0 saturated carbocycles. The van der Waals surface area contributed by atoms with E-state index in [1.54, 1.807) is 0 Å². The Kier molecular flexibility index (Phi) is 3.61. The molecule has 1 aliphatic rings. The summed E-state index contributed by atoms with van der Waals surface area (Å²) in [5.74, 6) is 0. The van der Waals surface area contributed by atoms with Gasteiger partial charge in [0.2, 0.25) is 5.72 Å². The molecule has 4 atom stereocenters. The SMILES string of the molecule is [N-]=[N+]=N[C@]1(CO)O[C@@H](n2ccc(=O)[nH]c2=O)[C@H](O)[C@@H]1O. The van der Waals surface area contributed by atoms with Gasteiger partial charge in [0, 0.05) is 17.2 Å². The van der Waals surface area contributed by atoms with Gasteiger partial charge in [-0.05, 0) is 5.53 Å². The van der Waals surface area contributed by atoms with Crippen molar-refractivity contribution in [3.05, 3.63) is 43.5 Å². The number of aliphatic hydroxyl groups excluding tert-OH is 3. The second-order valence-corrected chi connectivity index (χ2v) is 4.15. The Morgan fingerprint density at radius 2 is 2.25 bits per heavy atom. The maximum Gasteiger partial charge on any atom is 0.330 e. The van der Waals surface area contributed by atoms with Gasteiger partial charge < -0.3 is 20.1 Å². The molecule has 1 fully saturated rings. The van der Waals surface area contributed by atoms with E-state index in [9.17, 15) is 24.9 Å². The molecule has 1 saturated heterocycles. The van der Waals surface area contributed by atoms with Crippen LogP contribution in [0.15, 0.2) is 27.0 Å². The van der Waals surface area contributed by atoms with Gasteiger partial charge >= 0.3 is 5.69 Å². The van der Waals surface area contributed by atoms with Crippen LogP contribution in [0.4, 0.5) is 0 Å². The van der Waals surface area contributed by atoms with Crippen molar-refractivity contribution < 1.29 is 20.1 Å². The quantitative estimate of drug-likeness (QED) is 0.278. The van der Waals surface area contributed by atoms with Gasteiger partial charge in [0.25, 0.3) is 5.56 Å². The van der Waals surface area contributed by atoms with Crippen molar-refractivity contribution in [2.45, 2.75) is 24.2 Å². The molecule has 0 radical (unpaired) electrons. The Morgan fingerprint density at radius 1 is 1.55 bits per heavy atom. The van der Waals surface area contributed by atoms with Crippen LogP contribution >= 0.6 is 0 Å². The molecule has 1 aromatic heterocycles. The third-order valence-corrected chi connectivity index (χ3v) is 2.97. The number of azide groups is 1. The number of hydrogen-bond acceptors (Lipinski definition) is 7. The van der Waals surface area contributed by atoms with Crippen molar-refractivity contribution in [2.75, 3.05) is 6.61 Å². The largest absolute Gasteiger partial charge is 0.393 e. The normalized spacial score (nSPS) is 32.9. The van der Waals surface area contributed by atoms with E-state index < -0.39 is 42.0 Å². The lowest BCUT2D eigenvalue weighted by molar-refractivity contribution is -0.125. The van der Waals surface area contributed by atoms with Crippen LogP contribution in [0.1, 0.15) is 6.23 Å². The minimum atomic E-state index is -2.10. The Hall–Kier alpha value is -2.17. The smallest absolute Gasteiger partial charge is 0.330 e. The van der Waals surface area contributed by atoms with Gasteiger partial charge in [-0.1, -0.05) is 5.11 Å². The molecule has 2 heterocycles. The van der Waals surface area contributed by atoms with E-state index in [-0.39, 0.29) is 0 Å². The van der Waals surface area contributed by atoms with E-state index in [1.807, 2.05) is 4.98 Å². The fourth-order valence-corrected chi connectivity index (χ4v) is 1.94. The molecule has 1 aromatic rings. The molecule has 11 nitrogen and oxygen atoms in total. The van der Waals surface area contributed by atoms with Gasteiger partial charge in [0.1, 0.15) is 12.2 Å². The first-order valence-corrected chi connectivity index (χ1v) is 5.48. The predicted octanol–water partition coefficient (Wildman–Crippen LogP) is -2.21. The maximum absolute atomic E-state index is 11.6. The molecule has 0 unspecified atom stereocenters. The average Bonchev–Trinajstić information content (AvgIpc) is 2.65. The molecule has 0 spiro atoms. The van der Waals surface area contributed by atoms with Gasteiger partial charge in [0.15, 0.2) is 6.23 Å². The van der Waals surface area contributed by atoms with E-state index in [0.29, 0.717) is 0 Å². The number of aromatic nitrogens is 2. The molecule has 4 N–H and O–H groups in total. The number of ether oxygens (including phenoxy) is 1. The Balaban J connectivity index is 2.47. The standard InChI is InChI=1S/C9H11N5O6/c10-13-12-9(3-15)6(18)5(17)7(20-9)14-2-1-4(16)11-8(14)19/h1-2,5-7,15,17-18H,3H2,(H,11,16,19)/t5-,6+,7-,9-/m1/s1. The molecule has 0 aliphatic carbocycles. The first-order chi connectivity index (χ1) is 9.45. The van der Waals surface area contributed by atoms with Gasteiger partial charge in [-0.2, -0.15) is 0 Å². The third-order valence-electron chi connectivity index (χ3n) is 2.97. The Bertz CT molecular complexity index is 663. The van der Waals surface area contributed by atoms with Crippen molar-refractivity contribution >= 4 is 0 Å². The van der Waals surface area contributed by atoms with Crippen LogP contribution in [-0.4, -0.2) is 49.4 Å². The number of nitrogens with zero attached hydrogens (tertiary/aromatic N) is 4. The summed E-state index contributed by atoms with van der Waals surface area (Å²) in [4.78, 5) is 26.9. The molecule has 1 aliphatic heterocycles. The van der Waals surface area contributed by atoms with Crippen molar-refractivity contribution in [1.82, 2.24) is 9.55 Å². The molecule has 0 amide bonds. The zero-order valence-corrected chi connectivity index (χ0v) is 9.95. The van der Waals surface area contributed by atoms with Crippen molar-refractivity contribution in [2.24, 2.45) is 5.11 Å². The van der Waals surface area contributed by atoms with Crippen LogP contribution in [0.5, 0.6) is 0 Å². The summed E-state index contributed by atoms with van der Waals surface area (Å²) in [6.07, 6.45) is -3.76. The van der Waals surface area contributed by atoms with Crippen molar-refractivity contribution in [3.63, 3.8) is 0 Å². The molecular formula is C9H11N5O6. The summed E-state index contributed by atoms with van der Waals surface area (Å²) >= 11 is 0. The highest BCUT2D eigenvalue weighted by Crippen LogP contribution is 2.37. The second kappa shape index (κ2) is 5.07. The molecule has 2 rings (SSSR count). The monoisotopic (exact) mass is 285 g/mol. The van der Waals surface area contributed by atoms with Crippen LogP contribution in [-0.2, 0) is 4.74 Å². The summed E-state index contributed by atoms with van der Waals surface area (Å²) in [7, 11) is 0. The molecule has 0 bridgehead atoms. The van der Waals surface area contributed by atoms with Crippen LogP contribution in [0.2, 0.25) is 0 Å². The Morgan fingerprint density at radius 3 is 2.80 bits per heavy atom. The van der Waals surface area contributed by atoms with Crippen molar-refractivity contribution in [3.8, 4) is 0 Å². The van der Waals surface area contributed by atoms with Crippen LogP contribution < -0.4 is 11.2 Å². The summed E-state index contributed by atoms with van der Waals surface area (Å²) < 4.78 is 5.95. The summed E-state index contributed by atoms with van der Waals surface area (Å²) in [6, 6.07) is 1.01. The van der Waals surface area contributed by atoms with Crippen LogP contribution in [0, 0.1) is 0 Å². The lowest BCUT2D eigenvalue weighted by atomic mass is 10.1. The highest BCUT2D eigenvalue weighted by Gasteiger charge is 2.54. The molecule has 0 aromatic carbocycles. The highest BCUT2D eigenvalue weighted by molar-refractivity contribution is 5.00. The highest BCUT2D eigenvalue weighted by atomic mass is 16.6. The summed E-state index contributed by atoms with van der Waals surface area (Å²) in [5, 5.41) is 32.1. The fourth-order valence-electron chi connectivity index (χ4n) is 1.94. The molecular weight excluding hydrogens is 274 g/mol. The number of hydrogen-bond donors (Lipinski definition) is 4. The lowest BCUT2D eigenvalue weighted by Crippen LogP contribution is -2.44. The first-order valence-electron chi connectivity index (χ1n) is 5.48. The van der Waals surface area contributed by atoms with Crippen molar-refractivity contribution in [1.29, 1.82) is 0 Å². The average molecular weight is 285 g/mol. The van der Waals surface area contributed by atoms with E-state index in [4.69, 9.17) is 10.3 Å². The lowest BCUT2D eigenvalue weighted by Gasteiger charge is -2.23. The fraction of sp³-hybridized carbons (Fsp3) is 0.556. The number of H-pyrrole nitrogens is 1. The van der Waals surface area contributed by atoms with Crippen LogP contribution in [0.3, 0.4) is 0 Å². The second-order valence-electron chi connectivity index (χ2n) is 4.15. The Labute approximate surface area is 110 Å². The van der Waals surface area contributed by atoms with Gasteiger partial charge in [-0.3, -0.25) is 14.3 Å². The first kappa shape index (κ1) is 14.2. The summed E-state index contributed by atoms with van der Waals surface area (Å²) in [5.41, 5.74) is 4.79. The summed E-state index contributed by atoms with van der Waals surface area (Å²) in [6.45, 7) is -0.899. The van der Waals surface area contributed by atoms with Gasteiger partial charge in [0.05, 0.1) is 6.61 Å². The van der Waals surface area contributed by atoms with Crippen LogP contribution in [0.25, 0.3) is 10.4 Å².